The molecule has 2 aliphatic heterocycles. The van der Waals surface area contributed by atoms with Gasteiger partial charge in [-0.3, -0.25) is 9.59 Å². The third-order valence-corrected chi connectivity index (χ3v) is 8.33. The molecule has 0 radical (unpaired) electrons. The lowest BCUT2D eigenvalue weighted by molar-refractivity contribution is -0.133. The number of methoxy groups -OCH3 is 1. The van der Waals surface area contributed by atoms with E-state index in [0.29, 0.717) is 32.7 Å². The number of thiophene rings is 1. The van der Waals surface area contributed by atoms with Crippen molar-refractivity contribution in [2.24, 2.45) is 5.92 Å². The fraction of sp³-hybridized carbons (Fsp3) is 0.444. The Kier molecular flexibility index (Phi) is 6.78. The standard InChI is InChI=1S/C27H30N4O3S/c1-34-20-10-8-19(9-11-20)18-31-23-6-3-2-5-21(23)25(22(17-28)26(31)32)29-12-14-30(15-13-29)27(33)24-7-4-16-35-24/h4,7-11,16,21,23H,2-3,5-6,12-15,18H2,1H3. The van der Waals surface area contributed by atoms with E-state index in [9.17, 15) is 14.9 Å². The van der Waals surface area contributed by atoms with Crippen molar-refractivity contribution in [1.29, 1.82) is 5.26 Å². The zero-order valence-corrected chi connectivity index (χ0v) is 20.8. The Bertz CT molecular complexity index is 1140. The van der Waals surface area contributed by atoms with Gasteiger partial charge in [0.2, 0.25) is 0 Å². The summed E-state index contributed by atoms with van der Waals surface area (Å²) in [5.74, 6) is 0.841. The number of carbonyl (C=O) groups excluding carboxylic acids is 2. The first-order valence-corrected chi connectivity index (χ1v) is 13.1. The Morgan fingerprint density at radius 1 is 1.11 bits per heavy atom. The molecule has 2 amide bonds. The van der Waals surface area contributed by atoms with Crippen LogP contribution in [0.4, 0.5) is 0 Å². The highest BCUT2D eigenvalue weighted by molar-refractivity contribution is 7.12. The summed E-state index contributed by atoms with van der Waals surface area (Å²) in [6, 6.07) is 13.9. The average Bonchev–Trinajstić information content (AvgIpc) is 3.45. The van der Waals surface area contributed by atoms with Gasteiger partial charge in [-0.05, 0) is 42.0 Å². The molecule has 3 aliphatic rings. The number of carbonyl (C=O) groups is 2. The molecular weight excluding hydrogens is 460 g/mol. The molecule has 35 heavy (non-hydrogen) atoms. The third-order valence-electron chi connectivity index (χ3n) is 7.48. The minimum absolute atomic E-state index is 0.0649. The van der Waals surface area contributed by atoms with E-state index in [1.807, 2.05) is 51.6 Å². The highest BCUT2D eigenvalue weighted by Gasteiger charge is 2.45. The monoisotopic (exact) mass is 490 g/mol. The maximum absolute atomic E-state index is 13.7. The van der Waals surface area contributed by atoms with Crippen molar-refractivity contribution in [3.63, 3.8) is 0 Å². The van der Waals surface area contributed by atoms with Crippen LogP contribution in [0.1, 0.15) is 40.9 Å². The Labute approximate surface area is 210 Å². The van der Waals surface area contributed by atoms with Gasteiger partial charge >= 0.3 is 0 Å². The molecule has 2 atom stereocenters. The van der Waals surface area contributed by atoms with Gasteiger partial charge in [-0.25, -0.2) is 0 Å². The van der Waals surface area contributed by atoms with Crippen LogP contribution in [0.15, 0.2) is 53.0 Å². The second-order valence-corrected chi connectivity index (χ2v) is 10.3. The maximum Gasteiger partial charge on any atom is 0.266 e. The van der Waals surface area contributed by atoms with Gasteiger partial charge in [-0.1, -0.05) is 31.0 Å². The summed E-state index contributed by atoms with van der Waals surface area (Å²) in [7, 11) is 1.64. The summed E-state index contributed by atoms with van der Waals surface area (Å²) in [6.07, 6.45) is 4.12. The molecule has 1 aromatic carbocycles. The molecule has 2 aromatic rings. The number of piperazine rings is 1. The van der Waals surface area contributed by atoms with Crippen molar-refractivity contribution < 1.29 is 14.3 Å². The minimum Gasteiger partial charge on any atom is -0.497 e. The molecule has 8 heteroatoms. The van der Waals surface area contributed by atoms with Gasteiger partial charge < -0.3 is 19.4 Å². The number of hydrogen-bond donors (Lipinski definition) is 0. The summed E-state index contributed by atoms with van der Waals surface area (Å²) < 4.78 is 5.26. The zero-order valence-electron chi connectivity index (χ0n) is 20.0. The van der Waals surface area contributed by atoms with Gasteiger partial charge in [0.15, 0.2) is 0 Å². The zero-order chi connectivity index (χ0) is 24.4. The van der Waals surface area contributed by atoms with Gasteiger partial charge in [-0.2, -0.15) is 5.26 Å². The number of ether oxygens (including phenoxy) is 1. The first kappa shape index (κ1) is 23.4. The van der Waals surface area contributed by atoms with E-state index < -0.39 is 0 Å². The van der Waals surface area contributed by atoms with E-state index in [-0.39, 0.29) is 29.3 Å². The minimum atomic E-state index is -0.168. The summed E-state index contributed by atoms with van der Waals surface area (Å²) >= 11 is 1.46. The lowest BCUT2D eigenvalue weighted by Gasteiger charge is -2.49. The van der Waals surface area contributed by atoms with Gasteiger partial charge in [0.1, 0.15) is 17.4 Å². The molecule has 7 nitrogen and oxygen atoms in total. The lowest BCUT2D eigenvalue weighted by Crippen LogP contribution is -2.56. The largest absolute Gasteiger partial charge is 0.497 e. The molecule has 0 spiro atoms. The molecule has 2 fully saturated rings. The fourth-order valence-electron chi connectivity index (χ4n) is 5.71. The average molecular weight is 491 g/mol. The number of nitrogens with zero attached hydrogens (tertiary/aromatic N) is 4. The van der Waals surface area contributed by atoms with Crippen LogP contribution >= 0.6 is 11.3 Å². The molecule has 182 valence electrons. The SMILES string of the molecule is COc1ccc(CN2C(=O)C(C#N)=C(N3CCN(C(=O)c4cccs4)CC3)C3CCCCC32)cc1. The van der Waals surface area contributed by atoms with Crippen LogP contribution in [-0.2, 0) is 11.3 Å². The normalized spacial score (nSPS) is 22.6. The Balaban J connectivity index is 1.38. The van der Waals surface area contributed by atoms with E-state index in [4.69, 9.17) is 4.74 Å². The van der Waals surface area contributed by atoms with Crippen LogP contribution in [0.2, 0.25) is 0 Å². The van der Waals surface area contributed by atoms with Gasteiger partial charge in [0.05, 0.1) is 12.0 Å². The van der Waals surface area contributed by atoms with E-state index in [2.05, 4.69) is 11.0 Å². The third kappa shape index (κ3) is 4.53. The Hall–Kier alpha value is -3.31. The van der Waals surface area contributed by atoms with Crippen LogP contribution in [0, 0.1) is 17.2 Å². The highest BCUT2D eigenvalue weighted by Crippen LogP contribution is 2.41. The van der Waals surface area contributed by atoms with Crippen molar-refractivity contribution in [3.05, 3.63) is 63.5 Å². The summed E-state index contributed by atoms with van der Waals surface area (Å²) in [4.78, 5) is 33.2. The number of rotatable bonds is 5. The van der Waals surface area contributed by atoms with E-state index in [1.54, 1.807) is 7.11 Å². The van der Waals surface area contributed by atoms with Gasteiger partial charge in [0.25, 0.3) is 11.8 Å². The topological polar surface area (TPSA) is 76.9 Å². The van der Waals surface area contributed by atoms with E-state index >= 15 is 0 Å². The summed E-state index contributed by atoms with van der Waals surface area (Å²) in [6.45, 7) is 2.98. The van der Waals surface area contributed by atoms with Crippen LogP contribution in [-0.4, -0.2) is 65.8 Å². The Morgan fingerprint density at radius 2 is 1.86 bits per heavy atom. The highest BCUT2D eigenvalue weighted by atomic mass is 32.1. The Morgan fingerprint density at radius 3 is 2.51 bits per heavy atom. The van der Waals surface area contributed by atoms with Crippen molar-refractivity contribution in [1.82, 2.24) is 14.7 Å². The summed E-state index contributed by atoms with van der Waals surface area (Å²) in [5.41, 5.74) is 2.22. The quantitative estimate of drug-likeness (QED) is 0.636. The molecule has 1 aliphatic carbocycles. The molecule has 2 unspecified atom stereocenters. The first-order valence-electron chi connectivity index (χ1n) is 12.3. The van der Waals surface area contributed by atoms with Crippen molar-refractivity contribution in [2.45, 2.75) is 38.3 Å². The number of hydrogen-bond acceptors (Lipinski definition) is 6. The van der Waals surface area contributed by atoms with Crippen LogP contribution in [0.5, 0.6) is 5.75 Å². The number of benzene rings is 1. The van der Waals surface area contributed by atoms with E-state index in [0.717, 1.165) is 47.6 Å². The number of nitriles is 1. The molecule has 3 heterocycles. The van der Waals surface area contributed by atoms with Crippen LogP contribution < -0.4 is 4.74 Å². The molecule has 0 bridgehead atoms. The van der Waals surface area contributed by atoms with Crippen molar-refractivity contribution >= 4 is 23.2 Å². The lowest BCUT2D eigenvalue weighted by atomic mass is 9.76. The van der Waals surface area contributed by atoms with Gasteiger partial charge in [-0.15, -0.1) is 11.3 Å². The molecule has 0 N–H and O–H groups in total. The summed E-state index contributed by atoms with van der Waals surface area (Å²) in [5, 5.41) is 12.0. The maximum atomic E-state index is 13.7. The predicted molar refractivity (Wildman–Crippen MR) is 134 cm³/mol. The van der Waals surface area contributed by atoms with Crippen molar-refractivity contribution in [3.8, 4) is 11.8 Å². The fourth-order valence-corrected chi connectivity index (χ4v) is 6.40. The van der Waals surface area contributed by atoms with E-state index in [1.165, 1.54) is 11.3 Å². The number of fused-ring (bicyclic) bond motifs is 1. The molecule has 1 aromatic heterocycles. The molecule has 1 saturated heterocycles. The number of amides is 2. The first-order chi connectivity index (χ1) is 17.1. The molecule has 1 saturated carbocycles. The van der Waals surface area contributed by atoms with Gasteiger partial charge in [0, 0.05) is 50.4 Å². The van der Waals surface area contributed by atoms with Crippen LogP contribution in [0.3, 0.4) is 0 Å². The smallest absolute Gasteiger partial charge is 0.266 e. The second kappa shape index (κ2) is 10.1. The van der Waals surface area contributed by atoms with Crippen molar-refractivity contribution in [2.75, 3.05) is 33.3 Å². The second-order valence-electron chi connectivity index (χ2n) is 9.37. The predicted octanol–water partition coefficient (Wildman–Crippen LogP) is 3.89. The molecular formula is C27H30N4O3S. The van der Waals surface area contributed by atoms with Crippen LogP contribution in [0.25, 0.3) is 0 Å². The molecule has 5 rings (SSSR count).